The lowest BCUT2D eigenvalue weighted by Gasteiger charge is -2.12. The average Bonchev–Trinajstić information content (AvgIpc) is 2.73. The third kappa shape index (κ3) is 3.74. The number of carbonyl (C=O) groups is 1. The van der Waals surface area contributed by atoms with E-state index in [0.717, 1.165) is 40.4 Å². The summed E-state index contributed by atoms with van der Waals surface area (Å²) in [5, 5.41) is 5.81. The molecule has 1 aliphatic carbocycles. The highest BCUT2D eigenvalue weighted by Crippen LogP contribution is 2.33. The number of anilines is 1. The van der Waals surface area contributed by atoms with Crippen molar-refractivity contribution in [2.75, 3.05) is 18.4 Å². The van der Waals surface area contributed by atoms with Crippen molar-refractivity contribution in [3.8, 4) is 11.5 Å². The van der Waals surface area contributed by atoms with Crippen LogP contribution in [0.25, 0.3) is 33.3 Å². The molecule has 1 aliphatic heterocycles. The van der Waals surface area contributed by atoms with Gasteiger partial charge in [0.1, 0.15) is 24.3 Å². The molecule has 1 N–H and O–H groups in total. The molecule has 5 nitrogen and oxygen atoms in total. The van der Waals surface area contributed by atoms with Crippen molar-refractivity contribution >= 4 is 33.5 Å². The summed E-state index contributed by atoms with van der Waals surface area (Å²) >= 11 is 0. The molecule has 0 unspecified atom stereocenters. The summed E-state index contributed by atoms with van der Waals surface area (Å²) in [5.41, 5.74) is 2.88. The molecular weight excluding hydrogens is 386 g/mol. The number of rotatable bonds is 4. The molecule has 0 atom stereocenters. The summed E-state index contributed by atoms with van der Waals surface area (Å²) in [6.07, 6.45) is 1.26. The highest BCUT2D eigenvalue weighted by molar-refractivity contribution is 6.14. The van der Waals surface area contributed by atoms with E-state index in [1.165, 1.54) is 6.08 Å². The number of hydrogen-bond donors (Lipinski definition) is 1. The minimum atomic E-state index is -0.262. The maximum Gasteiger partial charge on any atom is 0.247 e. The summed E-state index contributed by atoms with van der Waals surface area (Å²) in [5.74, 6) is 0.454. The van der Waals surface area contributed by atoms with Crippen LogP contribution in [0.2, 0.25) is 0 Å². The van der Waals surface area contributed by atoms with E-state index in [-0.39, 0.29) is 18.3 Å². The zero-order valence-corrected chi connectivity index (χ0v) is 17.2. The number of amides is 1. The van der Waals surface area contributed by atoms with E-state index >= 15 is 0 Å². The standard InChI is InChI=1S/C23H21N3O2.ClH/c1-4-22(27)24-19-14-21-23(17-10-8-7-9-16(17)19)25-18-12-11-15(13-20(18)28-21)26(5-2)6-3;/h4,7-14H,1,5-6H2,2-3H3;1H. The summed E-state index contributed by atoms with van der Waals surface area (Å²) < 4.78 is 8.48. The monoisotopic (exact) mass is 407 g/mol. The van der Waals surface area contributed by atoms with Crippen LogP contribution in [-0.2, 0) is 4.79 Å². The molecule has 148 valence electrons. The van der Waals surface area contributed by atoms with Gasteiger partial charge in [-0.2, -0.15) is 0 Å². The number of fused-ring (bicyclic) bond motifs is 4. The lowest BCUT2D eigenvalue weighted by Crippen LogP contribution is -3.00. The van der Waals surface area contributed by atoms with Crippen LogP contribution in [0.3, 0.4) is 0 Å². The molecule has 1 heterocycles. The molecule has 29 heavy (non-hydrogen) atoms. The van der Waals surface area contributed by atoms with Gasteiger partial charge in [0.15, 0.2) is 11.3 Å². The molecule has 1 amide bonds. The van der Waals surface area contributed by atoms with Crippen LogP contribution in [0.1, 0.15) is 13.8 Å². The van der Waals surface area contributed by atoms with Crippen molar-refractivity contribution in [3.63, 3.8) is 0 Å². The van der Waals surface area contributed by atoms with Gasteiger partial charge in [-0.3, -0.25) is 4.79 Å². The SMILES string of the molecule is C=CC(=O)Nc1cc2oc3cc(=[N+](CC)CC)ccc-3nc2c2ccccc12.[Cl-]. The third-order valence-electron chi connectivity index (χ3n) is 4.95. The first-order valence-corrected chi connectivity index (χ1v) is 9.42. The minimum Gasteiger partial charge on any atom is -1.00 e. The first-order valence-electron chi connectivity index (χ1n) is 9.42. The van der Waals surface area contributed by atoms with Gasteiger partial charge < -0.3 is 22.1 Å². The van der Waals surface area contributed by atoms with E-state index in [9.17, 15) is 4.79 Å². The van der Waals surface area contributed by atoms with Gasteiger partial charge in [-0.05, 0) is 26.0 Å². The van der Waals surface area contributed by atoms with Crippen molar-refractivity contribution in [1.29, 1.82) is 0 Å². The number of aromatic nitrogens is 1. The van der Waals surface area contributed by atoms with Crippen LogP contribution in [0, 0.1) is 0 Å². The summed E-state index contributed by atoms with van der Waals surface area (Å²) in [6.45, 7) is 9.63. The zero-order chi connectivity index (χ0) is 19.7. The van der Waals surface area contributed by atoms with Crippen molar-refractivity contribution in [2.24, 2.45) is 0 Å². The van der Waals surface area contributed by atoms with Gasteiger partial charge in [-0.1, -0.05) is 30.8 Å². The van der Waals surface area contributed by atoms with E-state index < -0.39 is 0 Å². The second-order valence-corrected chi connectivity index (χ2v) is 6.55. The smallest absolute Gasteiger partial charge is 0.247 e. The summed E-state index contributed by atoms with van der Waals surface area (Å²) in [4.78, 5) is 16.7. The molecule has 0 saturated heterocycles. The largest absolute Gasteiger partial charge is 1.00 e. The van der Waals surface area contributed by atoms with Crippen LogP contribution >= 0.6 is 0 Å². The first kappa shape index (κ1) is 20.6. The quantitative estimate of drug-likeness (QED) is 0.238. The Morgan fingerprint density at radius 3 is 2.55 bits per heavy atom. The summed E-state index contributed by atoms with van der Waals surface area (Å²) in [6, 6.07) is 15.8. The second kappa shape index (κ2) is 8.45. The lowest BCUT2D eigenvalue weighted by atomic mass is 10.1. The van der Waals surface area contributed by atoms with Crippen molar-refractivity contribution in [1.82, 2.24) is 9.56 Å². The number of hydrogen-bond acceptors (Lipinski definition) is 3. The Balaban J connectivity index is 0.00000240. The number of benzene rings is 3. The molecule has 0 aromatic heterocycles. The van der Waals surface area contributed by atoms with E-state index in [4.69, 9.17) is 9.40 Å². The zero-order valence-electron chi connectivity index (χ0n) is 16.4. The van der Waals surface area contributed by atoms with E-state index in [1.54, 1.807) is 0 Å². The Labute approximate surface area is 175 Å². The Morgan fingerprint density at radius 2 is 1.86 bits per heavy atom. The third-order valence-corrected chi connectivity index (χ3v) is 4.95. The van der Waals surface area contributed by atoms with Crippen LogP contribution in [-0.4, -0.2) is 24.0 Å². The fourth-order valence-corrected chi connectivity index (χ4v) is 3.52. The van der Waals surface area contributed by atoms with Gasteiger partial charge in [-0.25, -0.2) is 9.56 Å². The molecular formula is C23H22ClN3O2. The maximum absolute atomic E-state index is 11.9. The number of nitrogens with zero attached hydrogens (tertiary/aromatic N) is 2. The van der Waals surface area contributed by atoms with Gasteiger partial charge in [0.2, 0.25) is 11.3 Å². The van der Waals surface area contributed by atoms with E-state index in [2.05, 4.69) is 36.4 Å². The topological polar surface area (TPSA) is 58.1 Å². The van der Waals surface area contributed by atoms with Crippen molar-refractivity contribution < 1.29 is 21.6 Å². The molecule has 2 aliphatic rings. The van der Waals surface area contributed by atoms with Crippen molar-refractivity contribution in [2.45, 2.75) is 13.8 Å². The number of nitrogens with one attached hydrogen (secondary N) is 1. The van der Waals surface area contributed by atoms with Gasteiger partial charge >= 0.3 is 0 Å². The molecule has 0 radical (unpaired) electrons. The van der Waals surface area contributed by atoms with Gasteiger partial charge in [0.05, 0.1) is 11.8 Å². The van der Waals surface area contributed by atoms with Crippen LogP contribution < -0.4 is 27.7 Å². The molecule has 4 rings (SSSR count). The molecule has 0 fully saturated rings. The first-order chi connectivity index (χ1) is 13.6. The highest BCUT2D eigenvalue weighted by Gasteiger charge is 2.15. The molecule has 0 saturated carbocycles. The lowest BCUT2D eigenvalue weighted by molar-refractivity contribution is -0.111. The molecule has 6 heteroatoms. The van der Waals surface area contributed by atoms with Crippen LogP contribution in [0.15, 0.2) is 65.6 Å². The maximum atomic E-state index is 11.9. The number of carbonyl (C=O) groups excluding carboxylic acids is 1. The van der Waals surface area contributed by atoms with Crippen molar-refractivity contribution in [3.05, 3.63) is 66.5 Å². The molecule has 0 spiro atoms. The van der Waals surface area contributed by atoms with Crippen LogP contribution in [0.5, 0.6) is 0 Å². The Bertz CT molecular complexity index is 1250. The van der Waals surface area contributed by atoms with Gasteiger partial charge in [0.25, 0.3) is 0 Å². The highest BCUT2D eigenvalue weighted by atomic mass is 35.5. The van der Waals surface area contributed by atoms with Gasteiger partial charge in [-0.15, -0.1) is 0 Å². The second-order valence-electron chi connectivity index (χ2n) is 6.55. The Morgan fingerprint density at radius 1 is 1.14 bits per heavy atom. The fraction of sp³-hybridized carbons (Fsp3) is 0.174. The molecule has 2 aromatic carbocycles. The minimum absolute atomic E-state index is 0. The van der Waals surface area contributed by atoms with Crippen LogP contribution in [0.4, 0.5) is 5.69 Å². The van der Waals surface area contributed by atoms with E-state index in [1.807, 2.05) is 42.5 Å². The Kier molecular flexibility index (Phi) is 5.99. The normalized spacial score (nSPS) is 10.7. The average molecular weight is 408 g/mol. The fourth-order valence-electron chi connectivity index (χ4n) is 3.52. The summed E-state index contributed by atoms with van der Waals surface area (Å²) in [7, 11) is 0. The molecule has 0 bridgehead atoms. The predicted octanol–water partition coefficient (Wildman–Crippen LogP) is 1.03. The molecule has 2 aromatic rings. The van der Waals surface area contributed by atoms with E-state index in [0.29, 0.717) is 17.0 Å². The van der Waals surface area contributed by atoms with Gasteiger partial charge in [0, 0.05) is 22.9 Å². The Hall–Kier alpha value is -3.18. The number of halogens is 1. The predicted molar refractivity (Wildman–Crippen MR) is 113 cm³/mol.